The monoisotopic (exact) mass is 415 g/mol. The maximum atomic E-state index is 12.6. The first-order valence-corrected chi connectivity index (χ1v) is 9.25. The van der Waals surface area contributed by atoms with Gasteiger partial charge in [-0.3, -0.25) is 14.2 Å². The second-order valence-electron chi connectivity index (χ2n) is 6.48. The van der Waals surface area contributed by atoms with Crippen LogP contribution in [0.15, 0.2) is 41.0 Å². The number of nitrogens with one attached hydrogen (secondary N) is 1. The van der Waals surface area contributed by atoms with Crippen LogP contribution in [0.4, 0.5) is 5.82 Å². The normalized spacial score (nSPS) is 12.2. The van der Waals surface area contributed by atoms with Crippen molar-refractivity contribution in [2.45, 2.75) is 40.3 Å². The molecule has 1 atom stereocenters. The zero-order valence-electron chi connectivity index (χ0n) is 15.3. The molecular formula is C19H22BrN5O. The summed E-state index contributed by atoms with van der Waals surface area (Å²) in [7, 11) is 0. The van der Waals surface area contributed by atoms with E-state index in [9.17, 15) is 4.79 Å². The second kappa shape index (κ2) is 7.45. The summed E-state index contributed by atoms with van der Waals surface area (Å²) in [6.45, 7) is 8.40. The topological polar surface area (TPSA) is 64.7 Å². The van der Waals surface area contributed by atoms with Gasteiger partial charge in [-0.05, 0) is 49.2 Å². The Bertz CT molecular complexity index is 943. The van der Waals surface area contributed by atoms with E-state index in [4.69, 9.17) is 0 Å². The van der Waals surface area contributed by atoms with Crippen molar-refractivity contribution in [1.82, 2.24) is 19.6 Å². The summed E-state index contributed by atoms with van der Waals surface area (Å²) in [6, 6.07) is 9.67. The van der Waals surface area contributed by atoms with E-state index < -0.39 is 6.04 Å². The maximum Gasteiger partial charge on any atom is 0.250 e. The zero-order valence-corrected chi connectivity index (χ0v) is 16.9. The summed E-state index contributed by atoms with van der Waals surface area (Å²) in [5, 5.41) is 11.7. The Morgan fingerprint density at radius 1 is 1.23 bits per heavy atom. The second-order valence-corrected chi connectivity index (χ2v) is 7.28. The molecule has 0 radical (unpaired) electrons. The van der Waals surface area contributed by atoms with E-state index in [2.05, 4.69) is 56.6 Å². The highest BCUT2D eigenvalue weighted by molar-refractivity contribution is 9.10. The molecule has 2 heterocycles. The third-order valence-electron chi connectivity index (χ3n) is 4.30. The number of aromatic nitrogens is 4. The lowest BCUT2D eigenvalue weighted by Crippen LogP contribution is -2.25. The molecule has 1 unspecified atom stereocenters. The zero-order chi connectivity index (χ0) is 18.8. The minimum absolute atomic E-state index is 0.149. The average molecular weight is 416 g/mol. The van der Waals surface area contributed by atoms with Crippen molar-refractivity contribution in [3.8, 4) is 0 Å². The van der Waals surface area contributed by atoms with Gasteiger partial charge in [-0.1, -0.05) is 29.8 Å². The van der Waals surface area contributed by atoms with E-state index in [1.807, 2.05) is 37.7 Å². The Morgan fingerprint density at radius 2 is 2.00 bits per heavy atom. The molecule has 7 heteroatoms. The van der Waals surface area contributed by atoms with Crippen molar-refractivity contribution < 1.29 is 4.79 Å². The van der Waals surface area contributed by atoms with Crippen molar-refractivity contribution in [3.05, 3.63) is 63.5 Å². The van der Waals surface area contributed by atoms with Crippen LogP contribution in [0.5, 0.6) is 0 Å². The Labute approximate surface area is 161 Å². The SMILES string of the molecule is Cc1cccc(Cn2ccc(NC(=O)C(C)n3nc(C)c(Br)c3C)n2)c1. The minimum Gasteiger partial charge on any atom is -0.307 e. The van der Waals surface area contributed by atoms with Gasteiger partial charge in [-0.2, -0.15) is 10.2 Å². The Hall–Kier alpha value is -2.41. The van der Waals surface area contributed by atoms with E-state index in [1.165, 1.54) is 11.1 Å². The van der Waals surface area contributed by atoms with Crippen LogP contribution in [0.3, 0.4) is 0 Å². The number of hydrogen-bond donors (Lipinski definition) is 1. The van der Waals surface area contributed by atoms with Gasteiger partial charge in [0.15, 0.2) is 5.82 Å². The highest BCUT2D eigenvalue weighted by atomic mass is 79.9. The number of carbonyl (C=O) groups is 1. The first kappa shape index (κ1) is 18.4. The van der Waals surface area contributed by atoms with E-state index in [-0.39, 0.29) is 5.91 Å². The summed E-state index contributed by atoms with van der Waals surface area (Å²) < 4.78 is 4.47. The summed E-state index contributed by atoms with van der Waals surface area (Å²) in [5.41, 5.74) is 4.18. The molecule has 1 amide bonds. The number of nitrogens with zero attached hydrogens (tertiary/aromatic N) is 4. The van der Waals surface area contributed by atoms with Gasteiger partial charge in [0.1, 0.15) is 6.04 Å². The third-order valence-corrected chi connectivity index (χ3v) is 5.45. The highest BCUT2D eigenvalue weighted by Gasteiger charge is 2.21. The first-order chi connectivity index (χ1) is 12.3. The van der Waals surface area contributed by atoms with E-state index in [0.29, 0.717) is 12.4 Å². The molecule has 3 rings (SSSR count). The molecule has 0 saturated heterocycles. The number of amides is 1. The fourth-order valence-corrected chi connectivity index (χ4v) is 3.14. The van der Waals surface area contributed by atoms with Crippen molar-refractivity contribution in [2.24, 2.45) is 0 Å². The van der Waals surface area contributed by atoms with Gasteiger partial charge in [0.05, 0.1) is 22.4 Å². The van der Waals surface area contributed by atoms with Crippen molar-refractivity contribution in [1.29, 1.82) is 0 Å². The molecule has 136 valence electrons. The molecule has 6 nitrogen and oxygen atoms in total. The number of benzene rings is 1. The number of anilines is 1. The number of hydrogen-bond acceptors (Lipinski definition) is 3. The van der Waals surface area contributed by atoms with Crippen LogP contribution >= 0.6 is 15.9 Å². The number of rotatable bonds is 5. The molecular weight excluding hydrogens is 394 g/mol. The molecule has 0 aliphatic rings. The average Bonchev–Trinajstić information content (AvgIpc) is 3.13. The summed E-state index contributed by atoms with van der Waals surface area (Å²) >= 11 is 3.49. The van der Waals surface area contributed by atoms with E-state index in [0.717, 1.165) is 15.9 Å². The Morgan fingerprint density at radius 3 is 2.65 bits per heavy atom. The van der Waals surface area contributed by atoms with Crippen LogP contribution in [-0.4, -0.2) is 25.5 Å². The van der Waals surface area contributed by atoms with Crippen molar-refractivity contribution in [3.63, 3.8) is 0 Å². The van der Waals surface area contributed by atoms with Crippen molar-refractivity contribution in [2.75, 3.05) is 5.32 Å². The van der Waals surface area contributed by atoms with Gasteiger partial charge in [-0.25, -0.2) is 0 Å². The summed E-state index contributed by atoms with van der Waals surface area (Å²) in [5.74, 6) is 0.388. The molecule has 0 aliphatic carbocycles. The molecule has 0 spiro atoms. The van der Waals surface area contributed by atoms with Gasteiger partial charge in [0.25, 0.3) is 0 Å². The number of halogens is 1. The molecule has 0 saturated carbocycles. The van der Waals surface area contributed by atoms with Crippen LogP contribution in [0, 0.1) is 20.8 Å². The molecule has 2 aromatic heterocycles. The van der Waals surface area contributed by atoms with Crippen LogP contribution in [0.2, 0.25) is 0 Å². The molecule has 0 bridgehead atoms. The van der Waals surface area contributed by atoms with Crippen LogP contribution in [-0.2, 0) is 11.3 Å². The van der Waals surface area contributed by atoms with E-state index >= 15 is 0 Å². The fraction of sp³-hybridized carbons (Fsp3) is 0.316. The van der Waals surface area contributed by atoms with E-state index in [1.54, 1.807) is 10.7 Å². The van der Waals surface area contributed by atoms with Crippen molar-refractivity contribution >= 4 is 27.7 Å². The quantitative estimate of drug-likeness (QED) is 0.684. The number of carbonyl (C=O) groups excluding carboxylic acids is 1. The Balaban J connectivity index is 1.68. The highest BCUT2D eigenvalue weighted by Crippen LogP contribution is 2.23. The minimum atomic E-state index is -0.429. The summed E-state index contributed by atoms with van der Waals surface area (Å²) in [4.78, 5) is 12.6. The largest absolute Gasteiger partial charge is 0.307 e. The lowest BCUT2D eigenvalue weighted by atomic mass is 10.1. The molecule has 0 aliphatic heterocycles. The first-order valence-electron chi connectivity index (χ1n) is 8.46. The van der Waals surface area contributed by atoms with Crippen LogP contribution < -0.4 is 5.32 Å². The molecule has 1 aromatic carbocycles. The molecule has 3 aromatic rings. The molecule has 0 fully saturated rings. The van der Waals surface area contributed by atoms with Gasteiger partial charge in [-0.15, -0.1) is 0 Å². The molecule has 26 heavy (non-hydrogen) atoms. The van der Waals surface area contributed by atoms with Gasteiger partial charge < -0.3 is 5.32 Å². The third kappa shape index (κ3) is 3.88. The smallest absolute Gasteiger partial charge is 0.250 e. The van der Waals surface area contributed by atoms with Crippen LogP contribution in [0.1, 0.15) is 35.5 Å². The predicted molar refractivity (Wildman–Crippen MR) is 105 cm³/mol. The van der Waals surface area contributed by atoms with Gasteiger partial charge in [0, 0.05) is 12.3 Å². The summed E-state index contributed by atoms with van der Waals surface area (Å²) in [6.07, 6.45) is 1.86. The number of aryl methyl sites for hydroxylation is 2. The lowest BCUT2D eigenvalue weighted by Gasteiger charge is -2.13. The maximum absolute atomic E-state index is 12.6. The van der Waals surface area contributed by atoms with Gasteiger partial charge >= 0.3 is 0 Å². The van der Waals surface area contributed by atoms with Gasteiger partial charge in [0.2, 0.25) is 5.91 Å². The standard InChI is InChI=1S/C19H22BrN5O/c1-12-6-5-7-16(10-12)11-24-9-8-17(23-24)21-19(26)15(4)25-14(3)18(20)13(2)22-25/h5-10,15H,11H2,1-4H3,(H,21,23,26). The predicted octanol–water partition coefficient (Wildman–Crippen LogP) is 4.02. The molecule has 1 N–H and O–H groups in total. The lowest BCUT2D eigenvalue weighted by molar-refractivity contribution is -0.119. The fourth-order valence-electron chi connectivity index (χ4n) is 2.88. The Kier molecular flexibility index (Phi) is 5.27. The van der Waals surface area contributed by atoms with Crippen LogP contribution in [0.25, 0.3) is 0 Å².